The van der Waals surface area contributed by atoms with Crippen LogP contribution in [0.5, 0.6) is 11.5 Å². The number of benzene rings is 2. The van der Waals surface area contributed by atoms with Gasteiger partial charge >= 0.3 is 0 Å². The smallest absolute Gasteiger partial charge is 0.248 e. The maximum Gasteiger partial charge on any atom is 0.248 e. The number of aromatic nitrogens is 3. The number of anilines is 1. The molecule has 1 aliphatic rings. The van der Waals surface area contributed by atoms with Crippen LogP contribution >= 0.6 is 0 Å². The lowest BCUT2D eigenvalue weighted by Gasteiger charge is -2.10. The van der Waals surface area contributed by atoms with Crippen molar-refractivity contribution in [1.82, 2.24) is 14.8 Å². The molecule has 2 heterocycles. The quantitative estimate of drug-likeness (QED) is 0.577. The number of aryl methyl sites for hydroxylation is 1. The van der Waals surface area contributed by atoms with E-state index in [1.807, 2.05) is 4.57 Å². The van der Waals surface area contributed by atoms with E-state index in [-0.39, 0.29) is 5.91 Å². The van der Waals surface area contributed by atoms with Gasteiger partial charge in [0.1, 0.15) is 23.1 Å². The van der Waals surface area contributed by atoms with Crippen molar-refractivity contribution in [3.05, 3.63) is 59.7 Å². The third-order valence-corrected chi connectivity index (χ3v) is 5.44. The Morgan fingerprint density at radius 1 is 1.09 bits per heavy atom. The molecule has 4 rings (SSSR count). The van der Waals surface area contributed by atoms with Gasteiger partial charge in [-0.05, 0) is 55.3 Å². The molecule has 1 amide bonds. The number of halogens is 1. The zero-order chi connectivity index (χ0) is 22.5. The molecule has 0 bridgehead atoms. The van der Waals surface area contributed by atoms with Crippen molar-refractivity contribution in [3.8, 4) is 22.9 Å². The molecule has 0 saturated carbocycles. The fourth-order valence-corrected chi connectivity index (χ4v) is 3.78. The first-order valence-electron chi connectivity index (χ1n) is 10.5. The van der Waals surface area contributed by atoms with E-state index in [1.54, 1.807) is 44.6 Å². The van der Waals surface area contributed by atoms with Crippen LogP contribution in [0.1, 0.15) is 30.7 Å². The zero-order valence-electron chi connectivity index (χ0n) is 18.1. The monoisotopic (exact) mass is 436 g/mol. The molecule has 166 valence electrons. The lowest BCUT2D eigenvalue weighted by Crippen LogP contribution is -2.09. The molecule has 2 aromatic carbocycles. The number of nitrogens with zero attached hydrogens (tertiary/aromatic N) is 3. The van der Waals surface area contributed by atoms with Gasteiger partial charge in [0.25, 0.3) is 0 Å². The van der Waals surface area contributed by atoms with Crippen molar-refractivity contribution in [2.45, 2.75) is 32.2 Å². The normalized spacial score (nSPS) is 13.5. The average molecular weight is 436 g/mol. The summed E-state index contributed by atoms with van der Waals surface area (Å²) in [5, 5.41) is 11.2. The van der Waals surface area contributed by atoms with Crippen molar-refractivity contribution < 1.29 is 18.7 Å². The van der Waals surface area contributed by atoms with Crippen LogP contribution in [0.25, 0.3) is 17.5 Å². The summed E-state index contributed by atoms with van der Waals surface area (Å²) in [6.45, 7) is 0.763. The van der Waals surface area contributed by atoms with Gasteiger partial charge in [-0.2, -0.15) is 0 Å². The predicted molar refractivity (Wildman–Crippen MR) is 120 cm³/mol. The third kappa shape index (κ3) is 4.64. The second kappa shape index (κ2) is 9.64. The van der Waals surface area contributed by atoms with Gasteiger partial charge in [-0.25, -0.2) is 4.39 Å². The van der Waals surface area contributed by atoms with Crippen LogP contribution in [0, 0.1) is 5.82 Å². The number of rotatable bonds is 6. The molecule has 3 aromatic rings. The molecule has 0 spiro atoms. The predicted octanol–water partition coefficient (Wildman–Crippen LogP) is 4.48. The number of hydrogen-bond acceptors (Lipinski definition) is 5. The molecule has 0 aliphatic carbocycles. The summed E-state index contributed by atoms with van der Waals surface area (Å²) in [5.41, 5.74) is 1.49. The first-order valence-corrected chi connectivity index (χ1v) is 10.5. The molecule has 1 aliphatic heterocycles. The van der Waals surface area contributed by atoms with Crippen LogP contribution in [-0.4, -0.2) is 34.9 Å². The third-order valence-electron chi connectivity index (χ3n) is 5.44. The Morgan fingerprint density at radius 2 is 1.97 bits per heavy atom. The van der Waals surface area contributed by atoms with Crippen molar-refractivity contribution >= 4 is 17.7 Å². The molecule has 0 unspecified atom stereocenters. The van der Waals surface area contributed by atoms with Gasteiger partial charge in [-0.3, -0.25) is 4.79 Å². The summed E-state index contributed by atoms with van der Waals surface area (Å²) in [5.74, 6) is 1.88. The molecular weight excluding hydrogens is 411 g/mol. The zero-order valence-corrected chi connectivity index (χ0v) is 18.1. The van der Waals surface area contributed by atoms with Crippen molar-refractivity contribution in [2.24, 2.45) is 0 Å². The minimum Gasteiger partial charge on any atom is -0.497 e. The molecule has 1 N–H and O–H groups in total. The fraction of sp³-hybridized carbons (Fsp3) is 0.292. The number of nitrogens with one attached hydrogen (secondary N) is 1. The van der Waals surface area contributed by atoms with Crippen LogP contribution in [0.3, 0.4) is 0 Å². The Hall–Kier alpha value is -3.68. The van der Waals surface area contributed by atoms with Gasteiger partial charge in [0.05, 0.1) is 19.8 Å². The average Bonchev–Trinajstić information content (AvgIpc) is 3.06. The molecule has 0 fully saturated rings. The van der Waals surface area contributed by atoms with Crippen LogP contribution in [0.2, 0.25) is 0 Å². The van der Waals surface area contributed by atoms with Crippen LogP contribution < -0.4 is 14.8 Å². The SMILES string of the molecule is COc1ccc(OC)c(/C=C/C(=O)Nc2ccc(F)c(-c3nnc4n3CCCCC4)c2)c1. The maximum absolute atomic E-state index is 14.6. The van der Waals surface area contributed by atoms with Gasteiger partial charge in [-0.1, -0.05) is 6.42 Å². The summed E-state index contributed by atoms with van der Waals surface area (Å²) in [7, 11) is 3.13. The van der Waals surface area contributed by atoms with E-state index in [0.29, 0.717) is 34.1 Å². The maximum atomic E-state index is 14.6. The first-order chi connectivity index (χ1) is 15.6. The van der Waals surface area contributed by atoms with Crippen molar-refractivity contribution in [2.75, 3.05) is 19.5 Å². The lowest BCUT2D eigenvalue weighted by atomic mass is 10.1. The number of carbonyl (C=O) groups excluding carboxylic acids is 1. The fourth-order valence-electron chi connectivity index (χ4n) is 3.78. The topological polar surface area (TPSA) is 78.3 Å². The molecule has 8 heteroatoms. The Morgan fingerprint density at radius 3 is 2.78 bits per heavy atom. The largest absolute Gasteiger partial charge is 0.497 e. The van der Waals surface area contributed by atoms with Gasteiger partial charge < -0.3 is 19.4 Å². The lowest BCUT2D eigenvalue weighted by molar-refractivity contribution is -0.111. The summed E-state index contributed by atoms with van der Waals surface area (Å²) >= 11 is 0. The standard InChI is InChI=1S/C24H25FN4O3/c1-31-18-9-11-21(32-2)16(14-18)7-12-23(30)26-17-8-10-20(25)19(15-17)24-28-27-22-6-4-3-5-13-29(22)24/h7-12,14-15H,3-6,13H2,1-2H3,(H,26,30)/b12-7+. The number of hydrogen-bond donors (Lipinski definition) is 1. The van der Waals surface area contributed by atoms with Gasteiger partial charge in [0, 0.05) is 30.3 Å². The number of amides is 1. The van der Waals surface area contributed by atoms with E-state index >= 15 is 0 Å². The Balaban J connectivity index is 1.54. The van der Waals surface area contributed by atoms with Gasteiger partial charge in [0.2, 0.25) is 5.91 Å². The number of ether oxygens (including phenoxy) is 2. The van der Waals surface area contributed by atoms with Crippen molar-refractivity contribution in [3.63, 3.8) is 0 Å². The Bertz CT molecular complexity index is 1160. The second-order valence-corrected chi connectivity index (χ2v) is 7.53. The summed E-state index contributed by atoms with van der Waals surface area (Å²) in [4.78, 5) is 12.5. The van der Waals surface area contributed by atoms with Crippen molar-refractivity contribution in [1.29, 1.82) is 0 Å². The Kier molecular flexibility index (Phi) is 6.49. The van der Waals surface area contributed by atoms with E-state index in [4.69, 9.17) is 9.47 Å². The highest BCUT2D eigenvalue weighted by Gasteiger charge is 2.19. The molecular formula is C24H25FN4O3. The number of methoxy groups -OCH3 is 2. The molecule has 1 aromatic heterocycles. The first kappa shape index (κ1) is 21.5. The van der Waals surface area contributed by atoms with E-state index < -0.39 is 5.82 Å². The number of fused-ring (bicyclic) bond motifs is 1. The van der Waals surface area contributed by atoms with E-state index in [1.165, 1.54) is 18.2 Å². The molecule has 0 radical (unpaired) electrons. The highest BCUT2D eigenvalue weighted by atomic mass is 19.1. The second-order valence-electron chi connectivity index (χ2n) is 7.53. The summed E-state index contributed by atoms with van der Waals surface area (Å²) in [6, 6.07) is 9.77. The number of carbonyl (C=O) groups is 1. The molecule has 0 saturated heterocycles. The van der Waals surface area contributed by atoms with Gasteiger partial charge in [-0.15, -0.1) is 10.2 Å². The molecule has 32 heavy (non-hydrogen) atoms. The Labute approximate surface area is 185 Å². The highest BCUT2D eigenvalue weighted by molar-refractivity contribution is 6.02. The van der Waals surface area contributed by atoms with Crippen LogP contribution in [-0.2, 0) is 17.8 Å². The summed E-state index contributed by atoms with van der Waals surface area (Å²) < 4.78 is 27.2. The van der Waals surface area contributed by atoms with Crippen LogP contribution in [0.4, 0.5) is 10.1 Å². The minimum absolute atomic E-state index is 0.321. The minimum atomic E-state index is -0.404. The molecule has 7 nitrogen and oxygen atoms in total. The van der Waals surface area contributed by atoms with E-state index in [2.05, 4.69) is 15.5 Å². The van der Waals surface area contributed by atoms with E-state index in [0.717, 1.165) is 38.1 Å². The summed E-state index contributed by atoms with van der Waals surface area (Å²) in [6.07, 6.45) is 7.05. The molecule has 0 atom stereocenters. The van der Waals surface area contributed by atoms with Gasteiger partial charge in [0.15, 0.2) is 5.82 Å². The highest BCUT2D eigenvalue weighted by Crippen LogP contribution is 2.28. The van der Waals surface area contributed by atoms with Crippen LogP contribution in [0.15, 0.2) is 42.5 Å². The van der Waals surface area contributed by atoms with E-state index in [9.17, 15) is 9.18 Å².